The van der Waals surface area contributed by atoms with E-state index >= 15 is 0 Å². The van der Waals surface area contributed by atoms with Gasteiger partial charge in [0.25, 0.3) is 0 Å². The Kier molecular flexibility index (Phi) is 5.78. The number of halogens is 1. The second-order valence-corrected chi connectivity index (χ2v) is 7.99. The number of Topliss-reactive ketones (excluding diaryl/α,β-unsaturated/α-hetero) is 1. The van der Waals surface area contributed by atoms with E-state index in [1.807, 2.05) is 30.7 Å². The Hall–Kier alpha value is -1.83. The van der Waals surface area contributed by atoms with Gasteiger partial charge in [0, 0.05) is 16.9 Å². The van der Waals surface area contributed by atoms with E-state index in [2.05, 4.69) is 10.2 Å². The first-order valence-electron chi connectivity index (χ1n) is 7.52. The number of rotatable bonds is 7. The Morgan fingerprint density at radius 2 is 2.00 bits per heavy atom. The third-order valence-electron chi connectivity index (χ3n) is 3.45. The number of aromatic nitrogens is 3. The maximum atomic E-state index is 12.2. The van der Waals surface area contributed by atoms with Gasteiger partial charge in [0.1, 0.15) is 12.4 Å². The summed E-state index contributed by atoms with van der Waals surface area (Å²) in [7, 11) is 1.86. The highest BCUT2D eigenvalue weighted by atomic mass is 35.5. The molecule has 3 aromatic rings. The quantitative estimate of drug-likeness (QED) is 0.440. The normalized spacial score (nSPS) is 10.8. The van der Waals surface area contributed by atoms with E-state index in [-0.39, 0.29) is 5.78 Å². The molecule has 0 saturated heterocycles. The van der Waals surface area contributed by atoms with Crippen LogP contribution in [0.2, 0.25) is 5.02 Å². The third-order valence-corrected chi connectivity index (χ3v) is 5.77. The number of ether oxygens (including phenoxy) is 1. The molecule has 25 heavy (non-hydrogen) atoms. The molecule has 0 aliphatic carbocycles. The van der Waals surface area contributed by atoms with E-state index in [9.17, 15) is 4.79 Å². The topological polar surface area (TPSA) is 57.0 Å². The second kappa shape index (κ2) is 8.03. The van der Waals surface area contributed by atoms with Crippen LogP contribution < -0.4 is 4.74 Å². The van der Waals surface area contributed by atoms with Crippen molar-refractivity contribution in [3.05, 3.63) is 57.0 Å². The molecule has 0 aliphatic rings. The van der Waals surface area contributed by atoms with Crippen LogP contribution in [0.1, 0.15) is 20.4 Å². The highest BCUT2D eigenvalue weighted by Gasteiger charge is 2.14. The first-order chi connectivity index (χ1) is 12.0. The van der Waals surface area contributed by atoms with Crippen molar-refractivity contribution >= 4 is 40.5 Å². The minimum absolute atomic E-state index is 0.102. The molecule has 0 amide bonds. The number of ketones is 1. The molecular weight excluding hydrogens is 378 g/mol. The number of hydrogen-bond acceptors (Lipinski definition) is 6. The lowest BCUT2D eigenvalue weighted by molar-refractivity contribution is 0.102. The zero-order valence-corrected chi connectivity index (χ0v) is 16.1. The van der Waals surface area contributed by atoms with Gasteiger partial charge < -0.3 is 9.30 Å². The van der Waals surface area contributed by atoms with Gasteiger partial charge in [-0.2, -0.15) is 0 Å². The highest BCUT2D eigenvalue weighted by molar-refractivity contribution is 7.99. The Bertz CT molecular complexity index is 874. The molecule has 0 radical (unpaired) electrons. The summed E-state index contributed by atoms with van der Waals surface area (Å²) in [6, 6.07) is 11.0. The van der Waals surface area contributed by atoms with Gasteiger partial charge in [-0.05, 0) is 43.3 Å². The number of benzene rings is 1. The maximum absolute atomic E-state index is 12.2. The second-order valence-electron chi connectivity index (χ2n) is 5.32. The van der Waals surface area contributed by atoms with Crippen LogP contribution in [0.15, 0.2) is 41.6 Å². The number of nitrogens with zero attached hydrogens (tertiary/aromatic N) is 3. The molecular formula is C17H16ClN3O2S2. The van der Waals surface area contributed by atoms with Gasteiger partial charge in [0.15, 0.2) is 16.8 Å². The van der Waals surface area contributed by atoms with E-state index in [1.54, 1.807) is 24.3 Å². The number of hydrogen-bond donors (Lipinski definition) is 0. The van der Waals surface area contributed by atoms with Crippen LogP contribution >= 0.6 is 34.7 Å². The standard InChI is InChI=1S/C17H16ClN3O2S2/c1-11-3-8-15(25-11)14(22)10-24-17-20-19-16(21(17)2)9-23-13-6-4-12(18)5-7-13/h3-8H,9-10H2,1-2H3. The van der Waals surface area contributed by atoms with E-state index in [0.717, 1.165) is 9.75 Å². The van der Waals surface area contributed by atoms with Crippen LogP contribution in [0, 0.1) is 6.92 Å². The van der Waals surface area contributed by atoms with Gasteiger partial charge in [-0.15, -0.1) is 21.5 Å². The van der Waals surface area contributed by atoms with Gasteiger partial charge in [-0.1, -0.05) is 23.4 Å². The van der Waals surface area contributed by atoms with Crippen molar-refractivity contribution in [1.29, 1.82) is 0 Å². The summed E-state index contributed by atoms with van der Waals surface area (Å²) in [5.74, 6) is 1.84. The Labute approximate surface area is 159 Å². The summed E-state index contributed by atoms with van der Waals surface area (Å²) in [5.41, 5.74) is 0. The molecule has 0 fully saturated rings. The number of carbonyl (C=O) groups is 1. The fourth-order valence-electron chi connectivity index (χ4n) is 2.06. The average Bonchev–Trinajstić information content (AvgIpc) is 3.19. The van der Waals surface area contributed by atoms with Gasteiger partial charge in [-0.3, -0.25) is 4.79 Å². The summed E-state index contributed by atoms with van der Waals surface area (Å²) in [6.45, 7) is 2.29. The molecule has 0 bridgehead atoms. The van der Waals surface area contributed by atoms with Crippen LogP contribution in [0.25, 0.3) is 0 Å². The molecule has 0 atom stereocenters. The molecule has 130 valence electrons. The maximum Gasteiger partial charge on any atom is 0.191 e. The van der Waals surface area contributed by atoms with E-state index in [4.69, 9.17) is 16.3 Å². The number of thioether (sulfide) groups is 1. The Morgan fingerprint density at radius 1 is 1.24 bits per heavy atom. The van der Waals surface area contributed by atoms with Crippen molar-refractivity contribution in [3.63, 3.8) is 0 Å². The monoisotopic (exact) mass is 393 g/mol. The van der Waals surface area contributed by atoms with Gasteiger partial charge in [0.2, 0.25) is 0 Å². The molecule has 3 rings (SSSR count). The first-order valence-corrected chi connectivity index (χ1v) is 9.70. The first kappa shape index (κ1) is 18.0. The zero-order chi connectivity index (χ0) is 17.8. The van der Waals surface area contributed by atoms with Gasteiger partial charge in [0.05, 0.1) is 10.6 Å². The number of carbonyl (C=O) groups excluding carboxylic acids is 1. The number of thiophene rings is 1. The molecule has 0 unspecified atom stereocenters. The minimum Gasteiger partial charge on any atom is -0.486 e. The lowest BCUT2D eigenvalue weighted by atomic mass is 10.3. The van der Waals surface area contributed by atoms with Crippen molar-refractivity contribution < 1.29 is 9.53 Å². The molecule has 2 heterocycles. The zero-order valence-electron chi connectivity index (χ0n) is 13.7. The minimum atomic E-state index is 0.102. The van der Waals surface area contributed by atoms with Crippen molar-refractivity contribution in [3.8, 4) is 5.75 Å². The lowest BCUT2D eigenvalue weighted by Crippen LogP contribution is -2.05. The Balaban J connectivity index is 1.57. The van der Waals surface area contributed by atoms with Crippen LogP contribution in [-0.2, 0) is 13.7 Å². The molecule has 5 nitrogen and oxygen atoms in total. The van der Waals surface area contributed by atoms with E-state index < -0.39 is 0 Å². The summed E-state index contributed by atoms with van der Waals surface area (Å²) in [4.78, 5) is 14.1. The molecule has 8 heteroatoms. The summed E-state index contributed by atoms with van der Waals surface area (Å²) in [5, 5.41) is 9.63. The summed E-state index contributed by atoms with van der Waals surface area (Å²) >= 11 is 8.74. The fourth-order valence-corrected chi connectivity index (χ4v) is 3.90. The van der Waals surface area contributed by atoms with Crippen molar-refractivity contribution in [1.82, 2.24) is 14.8 Å². The van der Waals surface area contributed by atoms with Crippen molar-refractivity contribution in [2.45, 2.75) is 18.7 Å². The lowest BCUT2D eigenvalue weighted by Gasteiger charge is -2.06. The highest BCUT2D eigenvalue weighted by Crippen LogP contribution is 2.22. The predicted molar refractivity (Wildman–Crippen MR) is 101 cm³/mol. The van der Waals surface area contributed by atoms with Crippen LogP contribution in [0.5, 0.6) is 5.75 Å². The van der Waals surface area contributed by atoms with Crippen LogP contribution in [0.3, 0.4) is 0 Å². The molecule has 0 N–H and O–H groups in total. The van der Waals surface area contributed by atoms with E-state index in [0.29, 0.717) is 34.1 Å². The number of aryl methyl sites for hydroxylation is 1. The van der Waals surface area contributed by atoms with Crippen LogP contribution in [0.4, 0.5) is 0 Å². The summed E-state index contributed by atoms with van der Waals surface area (Å²) < 4.78 is 7.52. The molecule has 2 aromatic heterocycles. The molecule has 0 aliphatic heterocycles. The Morgan fingerprint density at radius 3 is 2.68 bits per heavy atom. The average molecular weight is 394 g/mol. The van der Waals surface area contributed by atoms with Gasteiger partial charge in [-0.25, -0.2) is 0 Å². The largest absolute Gasteiger partial charge is 0.486 e. The molecule has 0 spiro atoms. The molecule has 1 aromatic carbocycles. The third kappa shape index (κ3) is 4.62. The fraction of sp³-hybridized carbons (Fsp3) is 0.235. The SMILES string of the molecule is Cc1ccc(C(=O)CSc2nnc(COc3ccc(Cl)cc3)n2C)s1. The summed E-state index contributed by atoms with van der Waals surface area (Å²) in [6.07, 6.45) is 0. The molecule has 0 saturated carbocycles. The van der Waals surface area contributed by atoms with E-state index in [1.165, 1.54) is 23.1 Å². The van der Waals surface area contributed by atoms with Crippen molar-refractivity contribution in [2.24, 2.45) is 7.05 Å². The predicted octanol–water partition coefficient (Wildman–Crippen LogP) is 4.39. The van der Waals surface area contributed by atoms with Crippen molar-refractivity contribution in [2.75, 3.05) is 5.75 Å². The van der Waals surface area contributed by atoms with Gasteiger partial charge >= 0.3 is 0 Å². The smallest absolute Gasteiger partial charge is 0.191 e. The van der Waals surface area contributed by atoms with Crippen LogP contribution in [-0.4, -0.2) is 26.3 Å².